The molecule has 0 aliphatic carbocycles. The van der Waals surface area contributed by atoms with E-state index in [9.17, 15) is 0 Å². The molecule has 2 aromatic rings. The van der Waals surface area contributed by atoms with Crippen molar-refractivity contribution in [3.63, 3.8) is 0 Å². The van der Waals surface area contributed by atoms with Gasteiger partial charge in [0.1, 0.15) is 0 Å². The smallest absolute Gasteiger partial charge is 0.0702 e. The van der Waals surface area contributed by atoms with E-state index in [4.69, 9.17) is 11.6 Å². The molecule has 0 aliphatic heterocycles. The first kappa shape index (κ1) is 11.5. The van der Waals surface area contributed by atoms with E-state index >= 15 is 0 Å². The van der Waals surface area contributed by atoms with Crippen LogP contribution in [-0.2, 0) is 0 Å². The minimum absolute atomic E-state index is 0.105. The van der Waals surface area contributed by atoms with Crippen LogP contribution in [0.1, 0.15) is 23.4 Å². The fourth-order valence-electron chi connectivity index (χ4n) is 1.55. The maximum Gasteiger partial charge on any atom is 0.0702 e. The number of halogens is 1. The summed E-state index contributed by atoms with van der Waals surface area (Å²) in [5, 5.41) is 13.9. The van der Waals surface area contributed by atoms with Crippen LogP contribution in [0.25, 0.3) is 0 Å². The molecule has 0 aliphatic rings. The maximum atomic E-state index is 6.15. The average molecular weight is 254 g/mol. The van der Waals surface area contributed by atoms with Crippen LogP contribution in [0, 0.1) is 0 Å². The molecular formula is C11H12ClN3S. The van der Waals surface area contributed by atoms with Gasteiger partial charge in [0.25, 0.3) is 0 Å². The van der Waals surface area contributed by atoms with Crippen molar-refractivity contribution in [2.75, 3.05) is 6.54 Å². The normalized spacial score (nSPS) is 12.6. The molecule has 3 nitrogen and oxygen atoms in total. The second-order valence-corrected chi connectivity index (χ2v) is 4.65. The summed E-state index contributed by atoms with van der Waals surface area (Å²) in [7, 11) is 0. The van der Waals surface area contributed by atoms with Crippen molar-refractivity contribution in [2.24, 2.45) is 0 Å². The van der Waals surface area contributed by atoms with E-state index in [1.165, 1.54) is 0 Å². The molecule has 84 valence electrons. The average Bonchev–Trinajstić information content (AvgIpc) is 2.73. The third-order valence-electron chi connectivity index (χ3n) is 2.26. The topological polar surface area (TPSA) is 37.8 Å². The Bertz CT molecular complexity index is 444. The van der Waals surface area contributed by atoms with Gasteiger partial charge in [-0.1, -0.05) is 18.5 Å². The number of thiophene rings is 1. The van der Waals surface area contributed by atoms with Crippen LogP contribution in [0.3, 0.4) is 0 Å². The predicted octanol–water partition coefficient (Wildman–Crippen LogP) is 2.89. The van der Waals surface area contributed by atoms with Gasteiger partial charge in [-0.15, -0.1) is 11.3 Å². The van der Waals surface area contributed by atoms with Crippen LogP contribution < -0.4 is 5.32 Å². The molecule has 2 aromatic heterocycles. The monoisotopic (exact) mass is 253 g/mol. The highest BCUT2D eigenvalue weighted by Gasteiger charge is 2.17. The molecule has 0 saturated carbocycles. The quantitative estimate of drug-likeness (QED) is 0.911. The minimum Gasteiger partial charge on any atom is -0.306 e. The van der Waals surface area contributed by atoms with E-state index in [1.807, 2.05) is 17.5 Å². The highest BCUT2D eigenvalue weighted by atomic mass is 35.5. The molecule has 0 aromatic carbocycles. The Kier molecular flexibility index (Phi) is 3.88. The summed E-state index contributed by atoms with van der Waals surface area (Å²) in [5.41, 5.74) is 1.08. The Morgan fingerprint density at radius 3 is 2.88 bits per heavy atom. The number of hydrogen-bond acceptors (Lipinski definition) is 4. The van der Waals surface area contributed by atoms with Crippen molar-refractivity contribution in [3.05, 3.63) is 45.4 Å². The maximum absolute atomic E-state index is 6.15. The molecule has 0 saturated heterocycles. The lowest BCUT2D eigenvalue weighted by atomic mass is 10.1. The second-order valence-electron chi connectivity index (χ2n) is 3.30. The molecule has 1 atom stereocenters. The largest absolute Gasteiger partial charge is 0.306 e. The van der Waals surface area contributed by atoms with Crippen LogP contribution in [0.5, 0.6) is 0 Å². The van der Waals surface area contributed by atoms with Gasteiger partial charge in [0, 0.05) is 11.1 Å². The van der Waals surface area contributed by atoms with Gasteiger partial charge in [0.05, 0.1) is 17.3 Å². The molecule has 0 radical (unpaired) electrons. The zero-order valence-electron chi connectivity index (χ0n) is 8.85. The van der Waals surface area contributed by atoms with Gasteiger partial charge >= 0.3 is 0 Å². The van der Waals surface area contributed by atoms with Gasteiger partial charge in [-0.25, -0.2) is 0 Å². The van der Waals surface area contributed by atoms with Crippen LogP contribution >= 0.6 is 22.9 Å². The molecule has 5 heteroatoms. The zero-order chi connectivity index (χ0) is 11.4. The van der Waals surface area contributed by atoms with E-state index in [0.29, 0.717) is 0 Å². The van der Waals surface area contributed by atoms with Crippen molar-refractivity contribution in [2.45, 2.75) is 13.0 Å². The Labute approximate surface area is 103 Å². The number of nitrogens with one attached hydrogen (secondary N) is 1. The molecule has 1 N–H and O–H groups in total. The predicted molar refractivity (Wildman–Crippen MR) is 66.9 cm³/mol. The number of nitrogens with zero attached hydrogens (tertiary/aromatic N) is 2. The molecule has 16 heavy (non-hydrogen) atoms. The van der Waals surface area contributed by atoms with Crippen molar-refractivity contribution in [1.29, 1.82) is 0 Å². The number of aromatic nitrogens is 2. The molecule has 2 rings (SSSR count). The van der Waals surface area contributed by atoms with Crippen molar-refractivity contribution in [1.82, 2.24) is 15.5 Å². The van der Waals surface area contributed by atoms with Gasteiger partial charge in [-0.2, -0.15) is 10.2 Å². The summed E-state index contributed by atoms with van der Waals surface area (Å²) in [6.45, 7) is 2.95. The van der Waals surface area contributed by atoms with Gasteiger partial charge in [-0.3, -0.25) is 0 Å². The second kappa shape index (κ2) is 5.39. The number of hydrogen-bond donors (Lipinski definition) is 1. The lowest BCUT2D eigenvalue weighted by Crippen LogP contribution is -2.21. The van der Waals surface area contributed by atoms with Gasteiger partial charge in [0.2, 0.25) is 0 Å². The molecule has 1 unspecified atom stereocenters. The Balaban J connectivity index is 2.35. The van der Waals surface area contributed by atoms with Crippen LogP contribution in [-0.4, -0.2) is 16.7 Å². The first-order valence-corrected chi connectivity index (χ1v) is 6.31. The summed E-state index contributed by atoms with van der Waals surface area (Å²) in [5.74, 6) is 0. The fourth-order valence-corrected chi connectivity index (χ4v) is 2.82. The summed E-state index contributed by atoms with van der Waals surface area (Å²) in [4.78, 5) is 1.12. The van der Waals surface area contributed by atoms with E-state index < -0.39 is 0 Å². The van der Waals surface area contributed by atoms with Gasteiger partial charge < -0.3 is 5.32 Å². The lowest BCUT2D eigenvalue weighted by Gasteiger charge is -2.16. The summed E-state index contributed by atoms with van der Waals surface area (Å²) in [6, 6.07) is 3.98. The first-order chi connectivity index (χ1) is 7.83. The molecule has 0 bridgehead atoms. The van der Waals surface area contributed by atoms with E-state index in [1.54, 1.807) is 23.7 Å². The highest BCUT2D eigenvalue weighted by Crippen LogP contribution is 2.32. The summed E-state index contributed by atoms with van der Waals surface area (Å²) >= 11 is 7.80. The van der Waals surface area contributed by atoms with Crippen molar-refractivity contribution < 1.29 is 0 Å². The van der Waals surface area contributed by atoms with E-state index in [2.05, 4.69) is 22.4 Å². The molecule has 0 spiro atoms. The van der Waals surface area contributed by atoms with E-state index in [0.717, 1.165) is 22.0 Å². The van der Waals surface area contributed by atoms with Crippen LogP contribution in [0.2, 0.25) is 5.02 Å². The summed E-state index contributed by atoms with van der Waals surface area (Å²) in [6.07, 6.45) is 3.46. The Morgan fingerprint density at radius 2 is 2.31 bits per heavy atom. The minimum atomic E-state index is 0.105. The van der Waals surface area contributed by atoms with Crippen molar-refractivity contribution >= 4 is 22.9 Å². The standard InChI is InChI=1S/C11H12ClN3S/c1-2-13-10(8-3-5-14-15-7-8)11-9(12)4-6-16-11/h3-7,10,13H,2H2,1H3. The third kappa shape index (κ3) is 2.40. The van der Waals surface area contributed by atoms with Gasteiger partial charge in [-0.05, 0) is 29.6 Å². The third-order valence-corrected chi connectivity index (χ3v) is 3.68. The van der Waals surface area contributed by atoms with E-state index in [-0.39, 0.29) is 6.04 Å². The zero-order valence-corrected chi connectivity index (χ0v) is 10.4. The van der Waals surface area contributed by atoms with Crippen LogP contribution in [0.15, 0.2) is 29.9 Å². The number of rotatable bonds is 4. The molecule has 2 heterocycles. The van der Waals surface area contributed by atoms with Crippen LogP contribution in [0.4, 0.5) is 0 Å². The molecule has 0 fully saturated rings. The highest BCUT2D eigenvalue weighted by molar-refractivity contribution is 7.10. The Morgan fingerprint density at radius 1 is 1.44 bits per heavy atom. The summed E-state index contributed by atoms with van der Waals surface area (Å²) < 4.78 is 0. The van der Waals surface area contributed by atoms with Crippen molar-refractivity contribution in [3.8, 4) is 0 Å². The SMILES string of the molecule is CCNC(c1ccnnc1)c1sccc1Cl. The fraction of sp³-hybridized carbons (Fsp3) is 0.273. The molecule has 0 amide bonds. The lowest BCUT2D eigenvalue weighted by molar-refractivity contribution is 0.635. The van der Waals surface area contributed by atoms with Gasteiger partial charge in [0.15, 0.2) is 0 Å². The first-order valence-electron chi connectivity index (χ1n) is 5.05. The Hall–Kier alpha value is -0.970. The molecular weight excluding hydrogens is 242 g/mol.